The van der Waals surface area contributed by atoms with Crippen molar-refractivity contribution in [3.05, 3.63) is 33.7 Å². The summed E-state index contributed by atoms with van der Waals surface area (Å²) >= 11 is 0. The zero-order valence-electron chi connectivity index (χ0n) is 14.3. The SMILES string of the molecule is CC(=O)C(N)CCCN=C(N)NS(=O)(=O)c1c(F)c(F)c(N=[N+]=[N-])c(F)c1F. The van der Waals surface area contributed by atoms with Gasteiger partial charge in [-0.3, -0.25) is 9.79 Å². The van der Waals surface area contributed by atoms with Gasteiger partial charge in [-0.05, 0) is 25.3 Å². The van der Waals surface area contributed by atoms with E-state index >= 15 is 0 Å². The van der Waals surface area contributed by atoms with Gasteiger partial charge in [0.1, 0.15) is 11.5 Å². The number of carbonyl (C=O) groups excluding carboxylic acids is 1. The topological polar surface area (TPSA) is 176 Å². The molecule has 0 fully saturated rings. The second-order valence-electron chi connectivity index (χ2n) is 5.35. The summed E-state index contributed by atoms with van der Waals surface area (Å²) in [5, 5.41) is 2.44. The Hall–Kier alpha value is -2.90. The Morgan fingerprint density at radius 3 is 2.21 bits per heavy atom. The fourth-order valence-electron chi connectivity index (χ4n) is 1.90. The van der Waals surface area contributed by atoms with Crippen molar-refractivity contribution in [3.8, 4) is 0 Å². The largest absolute Gasteiger partial charge is 0.369 e. The first-order chi connectivity index (χ1) is 12.9. The molecule has 28 heavy (non-hydrogen) atoms. The first kappa shape index (κ1) is 23.1. The Morgan fingerprint density at radius 2 is 1.75 bits per heavy atom. The minimum Gasteiger partial charge on any atom is -0.369 e. The van der Waals surface area contributed by atoms with Crippen molar-refractivity contribution >= 4 is 27.5 Å². The molecule has 0 radical (unpaired) electrons. The van der Waals surface area contributed by atoms with E-state index in [1.165, 1.54) is 11.6 Å². The van der Waals surface area contributed by atoms with Crippen LogP contribution in [0, 0.1) is 23.3 Å². The summed E-state index contributed by atoms with van der Waals surface area (Å²) in [6, 6.07) is -0.739. The van der Waals surface area contributed by atoms with E-state index in [1.807, 2.05) is 4.91 Å². The zero-order chi connectivity index (χ0) is 21.6. The fraction of sp³-hybridized carbons (Fsp3) is 0.385. The number of nitrogens with zero attached hydrogens (tertiary/aromatic N) is 4. The van der Waals surface area contributed by atoms with Crippen LogP contribution in [-0.2, 0) is 14.8 Å². The van der Waals surface area contributed by atoms with Gasteiger partial charge in [-0.1, -0.05) is 5.11 Å². The molecule has 0 saturated carbocycles. The molecule has 0 aromatic heterocycles. The lowest BCUT2D eigenvalue weighted by Crippen LogP contribution is -2.38. The number of Topliss-reactive ketones (excluding diaryl/α,β-unsaturated/α-hetero) is 1. The van der Waals surface area contributed by atoms with Gasteiger partial charge in [0.15, 0.2) is 28.2 Å². The summed E-state index contributed by atoms with van der Waals surface area (Å²) < 4.78 is 80.8. The number of benzene rings is 1. The summed E-state index contributed by atoms with van der Waals surface area (Å²) in [5.74, 6) is -10.1. The van der Waals surface area contributed by atoms with E-state index in [0.717, 1.165) is 0 Å². The number of halogens is 4. The number of rotatable bonds is 8. The summed E-state index contributed by atoms with van der Waals surface area (Å²) in [6.07, 6.45) is 0.454. The van der Waals surface area contributed by atoms with E-state index in [1.54, 1.807) is 0 Å². The zero-order valence-corrected chi connectivity index (χ0v) is 15.1. The van der Waals surface area contributed by atoms with E-state index in [2.05, 4.69) is 10.1 Å². The molecule has 0 aliphatic carbocycles. The van der Waals surface area contributed by atoms with Gasteiger partial charge in [-0.2, -0.15) is 0 Å². The molecular weight excluding hydrogens is 410 g/mol. The van der Waals surface area contributed by atoms with Crippen LogP contribution in [0.5, 0.6) is 0 Å². The number of nitrogens with one attached hydrogen (secondary N) is 1. The minimum absolute atomic E-state index is 0.0984. The predicted octanol–water partition coefficient (Wildman–Crippen LogP) is 1.47. The predicted molar refractivity (Wildman–Crippen MR) is 89.8 cm³/mol. The molecule has 1 rings (SSSR count). The molecule has 0 aliphatic heterocycles. The third kappa shape index (κ3) is 5.31. The van der Waals surface area contributed by atoms with E-state index in [0.29, 0.717) is 0 Å². The summed E-state index contributed by atoms with van der Waals surface area (Å²) in [7, 11) is -5.21. The van der Waals surface area contributed by atoms with E-state index in [9.17, 15) is 30.8 Å². The lowest BCUT2D eigenvalue weighted by Gasteiger charge is -2.11. The second-order valence-corrected chi connectivity index (χ2v) is 6.97. The van der Waals surface area contributed by atoms with Gasteiger partial charge in [0.2, 0.25) is 5.96 Å². The third-order valence-corrected chi connectivity index (χ3v) is 4.70. The van der Waals surface area contributed by atoms with Crippen molar-refractivity contribution in [1.82, 2.24) is 4.72 Å². The Labute approximate surface area is 156 Å². The molecule has 1 unspecified atom stereocenters. The summed E-state index contributed by atoms with van der Waals surface area (Å²) in [5.41, 5.74) is 17.3. The average molecular weight is 425 g/mol. The van der Waals surface area contributed by atoms with Crippen LogP contribution in [-0.4, -0.2) is 32.7 Å². The van der Waals surface area contributed by atoms with Crippen LogP contribution in [0.4, 0.5) is 23.2 Å². The first-order valence-electron chi connectivity index (χ1n) is 7.43. The molecule has 10 nitrogen and oxygen atoms in total. The van der Waals surface area contributed by atoms with Crippen LogP contribution >= 0.6 is 0 Å². The van der Waals surface area contributed by atoms with Gasteiger partial charge in [-0.25, -0.2) is 30.7 Å². The smallest absolute Gasteiger partial charge is 0.270 e. The van der Waals surface area contributed by atoms with Crippen LogP contribution in [0.25, 0.3) is 10.4 Å². The maximum atomic E-state index is 13.9. The minimum atomic E-state index is -5.21. The maximum Gasteiger partial charge on any atom is 0.270 e. The number of sulfonamides is 1. The fourth-order valence-corrected chi connectivity index (χ4v) is 3.00. The van der Waals surface area contributed by atoms with Crippen molar-refractivity contribution in [1.29, 1.82) is 0 Å². The summed E-state index contributed by atoms with van der Waals surface area (Å²) in [6.45, 7) is 1.18. The average Bonchev–Trinajstić information content (AvgIpc) is 2.59. The van der Waals surface area contributed by atoms with Gasteiger partial charge < -0.3 is 11.5 Å². The molecule has 5 N–H and O–H groups in total. The number of ketones is 1. The van der Waals surface area contributed by atoms with Gasteiger partial charge in [0.05, 0.1) is 6.04 Å². The molecule has 15 heteroatoms. The molecule has 154 valence electrons. The van der Waals surface area contributed by atoms with Gasteiger partial charge in [0, 0.05) is 11.5 Å². The Morgan fingerprint density at radius 1 is 1.21 bits per heavy atom. The van der Waals surface area contributed by atoms with Crippen LogP contribution in [0.1, 0.15) is 19.8 Å². The van der Waals surface area contributed by atoms with E-state index in [4.69, 9.17) is 17.0 Å². The standard InChI is InChI=1S/C13H15F4N7O3S/c1-5(25)6(18)3-2-4-21-13(19)23-28(26,27)12-9(16)7(14)11(22-24-20)8(15)10(12)17/h6H,2-4,18H2,1H3,(H3,19,21,23). The number of carbonyl (C=O) groups is 1. The van der Waals surface area contributed by atoms with Gasteiger partial charge >= 0.3 is 0 Å². The molecule has 0 amide bonds. The molecule has 1 atom stereocenters. The molecule has 0 aliphatic rings. The van der Waals surface area contributed by atoms with Crippen molar-refractivity contribution in [2.24, 2.45) is 21.6 Å². The lowest BCUT2D eigenvalue weighted by molar-refractivity contribution is -0.118. The Bertz CT molecular complexity index is 932. The van der Waals surface area contributed by atoms with Crippen molar-refractivity contribution in [3.63, 3.8) is 0 Å². The van der Waals surface area contributed by atoms with Crippen molar-refractivity contribution in [2.45, 2.75) is 30.7 Å². The van der Waals surface area contributed by atoms with Gasteiger partial charge in [0.25, 0.3) is 10.0 Å². The molecule has 0 bridgehead atoms. The maximum absolute atomic E-state index is 13.9. The highest BCUT2D eigenvalue weighted by molar-refractivity contribution is 7.90. The molecule has 0 saturated heterocycles. The van der Waals surface area contributed by atoms with Crippen molar-refractivity contribution in [2.75, 3.05) is 6.54 Å². The quantitative estimate of drug-likeness (QED) is 0.0833. The highest BCUT2D eigenvalue weighted by atomic mass is 32.2. The highest BCUT2D eigenvalue weighted by Crippen LogP contribution is 2.32. The molecule has 1 aromatic carbocycles. The van der Waals surface area contributed by atoms with Gasteiger partial charge in [-0.15, -0.1) is 0 Å². The molecule has 0 heterocycles. The Kier molecular flexibility index (Phi) is 7.72. The molecular formula is C13H15F4N7O3S. The number of hydrogen-bond donors (Lipinski definition) is 3. The second kappa shape index (κ2) is 9.34. The van der Waals surface area contributed by atoms with Crippen LogP contribution in [0.3, 0.4) is 0 Å². The monoisotopic (exact) mass is 425 g/mol. The van der Waals surface area contributed by atoms with Crippen LogP contribution in [0.2, 0.25) is 0 Å². The molecule has 1 aromatic rings. The number of hydrogen-bond acceptors (Lipinski definition) is 6. The van der Waals surface area contributed by atoms with Crippen molar-refractivity contribution < 1.29 is 30.8 Å². The third-order valence-electron chi connectivity index (χ3n) is 3.33. The van der Waals surface area contributed by atoms with Crippen LogP contribution < -0.4 is 16.2 Å². The molecule has 0 spiro atoms. The first-order valence-corrected chi connectivity index (χ1v) is 8.92. The van der Waals surface area contributed by atoms with E-state index < -0.39 is 55.9 Å². The number of guanidine groups is 1. The van der Waals surface area contributed by atoms with E-state index in [-0.39, 0.29) is 25.2 Å². The van der Waals surface area contributed by atoms with Crippen LogP contribution in [0.15, 0.2) is 15.0 Å². The normalized spacial score (nSPS) is 13.0. The Balaban J connectivity index is 3.09. The lowest BCUT2D eigenvalue weighted by atomic mass is 10.1. The summed E-state index contributed by atoms with van der Waals surface area (Å²) in [4.78, 5) is 14.5. The number of aliphatic imine (C=N–C) groups is 1. The number of nitrogens with two attached hydrogens (primary N) is 2. The highest BCUT2D eigenvalue weighted by Gasteiger charge is 2.33. The number of azide groups is 1.